The van der Waals surface area contributed by atoms with Crippen LogP contribution in [0.1, 0.15) is 31.4 Å². The van der Waals surface area contributed by atoms with Gasteiger partial charge in [-0.15, -0.1) is 10.2 Å². The van der Waals surface area contributed by atoms with Crippen LogP contribution < -0.4 is 5.32 Å². The van der Waals surface area contributed by atoms with Gasteiger partial charge in [0.1, 0.15) is 5.82 Å². The number of carbonyl (C=O) groups is 1. The van der Waals surface area contributed by atoms with E-state index in [0.29, 0.717) is 12.4 Å². The zero-order valence-electron chi connectivity index (χ0n) is 7.03. The van der Waals surface area contributed by atoms with Gasteiger partial charge in [0.25, 0.3) is 0 Å². The highest BCUT2D eigenvalue weighted by molar-refractivity contribution is 5.80. The van der Waals surface area contributed by atoms with E-state index in [1.165, 1.54) is 0 Å². The number of hydrogen-bond acceptors (Lipinski definition) is 3. The Balaban J connectivity index is 2.53. The standard InChI is InChI=1S/C7H10N4O/c1-4(2)6-10-9-5-3-8-7(12)11(5)6/h4H,3H2,1-2H3,(H,8,12). The van der Waals surface area contributed by atoms with E-state index < -0.39 is 0 Å². The molecule has 64 valence electrons. The van der Waals surface area contributed by atoms with Crippen molar-refractivity contribution in [3.63, 3.8) is 0 Å². The first kappa shape index (κ1) is 7.27. The smallest absolute Gasteiger partial charge is 0.328 e. The first-order valence-electron chi connectivity index (χ1n) is 3.92. The number of amides is 1. The zero-order valence-corrected chi connectivity index (χ0v) is 7.03. The van der Waals surface area contributed by atoms with Gasteiger partial charge in [-0.2, -0.15) is 0 Å². The summed E-state index contributed by atoms with van der Waals surface area (Å²) in [5.74, 6) is 1.68. The molecule has 1 aromatic heterocycles. The first-order chi connectivity index (χ1) is 5.70. The molecule has 1 N–H and O–H groups in total. The maximum atomic E-state index is 11.2. The van der Waals surface area contributed by atoms with Crippen LogP contribution in [0.2, 0.25) is 0 Å². The van der Waals surface area contributed by atoms with Gasteiger partial charge in [-0.1, -0.05) is 13.8 Å². The molecule has 12 heavy (non-hydrogen) atoms. The molecule has 0 radical (unpaired) electrons. The molecule has 1 amide bonds. The van der Waals surface area contributed by atoms with Gasteiger partial charge in [0.2, 0.25) is 0 Å². The lowest BCUT2D eigenvalue weighted by Crippen LogP contribution is -2.20. The summed E-state index contributed by atoms with van der Waals surface area (Å²) in [6, 6.07) is -0.112. The molecule has 0 bridgehead atoms. The number of rotatable bonds is 1. The Morgan fingerprint density at radius 1 is 1.50 bits per heavy atom. The summed E-state index contributed by atoms with van der Waals surface area (Å²) in [6.45, 7) is 4.48. The minimum atomic E-state index is -0.112. The number of aromatic nitrogens is 3. The number of carbonyl (C=O) groups excluding carboxylic acids is 1. The van der Waals surface area contributed by atoms with Crippen molar-refractivity contribution < 1.29 is 4.79 Å². The Morgan fingerprint density at radius 2 is 2.25 bits per heavy atom. The average Bonchev–Trinajstić information content (AvgIpc) is 2.53. The third-order valence-electron chi connectivity index (χ3n) is 1.87. The van der Waals surface area contributed by atoms with Gasteiger partial charge in [-0.3, -0.25) is 0 Å². The maximum Gasteiger partial charge on any atom is 0.328 e. The lowest BCUT2D eigenvalue weighted by Gasteiger charge is -2.02. The molecule has 2 rings (SSSR count). The average molecular weight is 166 g/mol. The summed E-state index contributed by atoms with van der Waals surface area (Å²) in [7, 11) is 0. The fourth-order valence-corrected chi connectivity index (χ4v) is 1.27. The van der Waals surface area contributed by atoms with Gasteiger partial charge in [-0.05, 0) is 0 Å². The van der Waals surface area contributed by atoms with Gasteiger partial charge >= 0.3 is 6.03 Å². The minimum absolute atomic E-state index is 0.112. The van der Waals surface area contributed by atoms with Crippen LogP contribution in [0.3, 0.4) is 0 Å². The van der Waals surface area contributed by atoms with Gasteiger partial charge < -0.3 is 5.32 Å². The van der Waals surface area contributed by atoms with Crippen LogP contribution in [0.5, 0.6) is 0 Å². The maximum absolute atomic E-state index is 11.2. The molecule has 5 heteroatoms. The van der Waals surface area contributed by atoms with Crippen LogP contribution >= 0.6 is 0 Å². The number of nitrogens with zero attached hydrogens (tertiary/aromatic N) is 3. The third kappa shape index (κ3) is 0.823. The molecule has 5 nitrogen and oxygen atoms in total. The molecule has 0 fully saturated rings. The van der Waals surface area contributed by atoms with E-state index in [9.17, 15) is 4.79 Å². The molecule has 0 atom stereocenters. The Bertz CT molecular complexity index is 328. The van der Waals surface area contributed by atoms with Gasteiger partial charge in [0, 0.05) is 5.92 Å². The fourth-order valence-electron chi connectivity index (χ4n) is 1.27. The van der Waals surface area contributed by atoms with E-state index in [1.54, 1.807) is 4.57 Å². The quantitative estimate of drug-likeness (QED) is 0.659. The van der Waals surface area contributed by atoms with Crippen molar-refractivity contribution in [2.45, 2.75) is 26.3 Å². The predicted molar refractivity (Wildman–Crippen MR) is 41.7 cm³/mol. The molecular formula is C7H10N4O. The van der Waals surface area contributed by atoms with Gasteiger partial charge in [0.05, 0.1) is 6.54 Å². The molecule has 1 aliphatic heterocycles. The largest absolute Gasteiger partial charge is 0.330 e. The van der Waals surface area contributed by atoms with E-state index in [2.05, 4.69) is 15.5 Å². The summed E-state index contributed by atoms with van der Waals surface area (Å²) in [6.07, 6.45) is 0. The fraction of sp³-hybridized carbons (Fsp3) is 0.571. The zero-order chi connectivity index (χ0) is 8.72. The molecule has 0 saturated heterocycles. The summed E-state index contributed by atoms with van der Waals surface area (Å²) < 4.78 is 1.55. The molecule has 1 aliphatic rings. The molecule has 0 aromatic carbocycles. The first-order valence-corrected chi connectivity index (χ1v) is 3.92. The highest BCUT2D eigenvalue weighted by atomic mass is 16.2. The number of nitrogens with one attached hydrogen (secondary N) is 1. The second kappa shape index (κ2) is 2.30. The van der Waals surface area contributed by atoms with Crippen LogP contribution in [0.25, 0.3) is 0 Å². The lowest BCUT2D eigenvalue weighted by molar-refractivity contribution is 0.245. The van der Waals surface area contributed by atoms with Crippen molar-refractivity contribution in [1.82, 2.24) is 20.1 Å². The molecule has 0 unspecified atom stereocenters. The van der Waals surface area contributed by atoms with Crippen molar-refractivity contribution in [2.24, 2.45) is 0 Å². The molecule has 0 aliphatic carbocycles. The lowest BCUT2D eigenvalue weighted by atomic mass is 10.2. The molecule has 0 spiro atoms. The SMILES string of the molecule is CC(C)c1nnc2n1C(=O)NC2. The van der Waals surface area contributed by atoms with E-state index in [1.807, 2.05) is 13.8 Å². The van der Waals surface area contributed by atoms with Crippen LogP contribution in [0, 0.1) is 0 Å². The third-order valence-corrected chi connectivity index (χ3v) is 1.87. The summed E-state index contributed by atoms with van der Waals surface area (Å²) >= 11 is 0. The van der Waals surface area contributed by atoms with Crippen molar-refractivity contribution in [3.8, 4) is 0 Å². The molecule has 0 saturated carbocycles. The topological polar surface area (TPSA) is 59.8 Å². The second-order valence-corrected chi connectivity index (χ2v) is 3.12. The predicted octanol–water partition coefficient (Wildman–Crippen LogP) is 0.473. The van der Waals surface area contributed by atoms with Crippen molar-refractivity contribution in [3.05, 3.63) is 11.6 Å². The van der Waals surface area contributed by atoms with Crippen LogP contribution in [-0.2, 0) is 6.54 Å². The Hall–Kier alpha value is -1.39. The van der Waals surface area contributed by atoms with Crippen LogP contribution in [-0.4, -0.2) is 20.8 Å². The van der Waals surface area contributed by atoms with Crippen molar-refractivity contribution in [1.29, 1.82) is 0 Å². The van der Waals surface area contributed by atoms with Crippen molar-refractivity contribution in [2.75, 3.05) is 0 Å². The molecule has 2 heterocycles. The highest BCUT2D eigenvalue weighted by Gasteiger charge is 2.25. The van der Waals surface area contributed by atoms with E-state index in [0.717, 1.165) is 5.82 Å². The normalized spacial score (nSPS) is 15.1. The van der Waals surface area contributed by atoms with Crippen LogP contribution in [0.15, 0.2) is 0 Å². The number of fused-ring (bicyclic) bond motifs is 1. The van der Waals surface area contributed by atoms with Gasteiger partial charge in [0.15, 0.2) is 5.82 Å². The Kier molecular flexibility index (Phi) is 1.39. The van der Waals surface area contributed by atoms with Crippen molar-refractivity contribution >= 4 is 6.03 Å². The summed E-state index contributed by atoms with van der Waals surface area (Å²) in [4.78, 5) is 11.2. The summed E-state index contributed by atoms with van der Waals surface area (Å²) in [5, 5.41) is 10.5. The molecule has 1 aromatic rings. The van der Waals surface area contributed by atoms with Gasteiger partial charge in [-0.25, -0.2) is 9.36 Å². The number of hydrogen-bond donors (Lipinski definition) is 1. The van der Waals surface area contributed by atoms with E-state index >= 15 is 0 Å². The van der Waals surface area contributed by atoms with E-state index in [4.69, 9.17) is 0 Å². The highest BCUT2D eigenvalue weighted by Crippen LogP contribution is 2.15. The second-order valence-electron chi connectivity index (χ2n) is 3.12. The molecular weight excluding hydrogens is 156 g/mol. The summed E-state index contributed by atoms with van der Waals surface area (Å²) in [5.41, 5.74) is 0. The monoisotopic (exact) mass is 166 g/mol. The van der Waals surface area contributed by atoms with E-state index in [-0.39, 0.29) is 11.9 Å². The minimum Gasteiger partial charge on any atom is -0.330 e. The Labute approximate surface area is 69.8 Å². The Morgan fingerprint density at radius 3 is 2.92 bits per heavy atom. The van der Waals surface area contributed by atoms with Crippen LogP contribution in [0.4, 0.5) is 4.79 Å².